The number of hydrogen-bond donors (Lipinski definition) is 1. The second-order valence-electron chi connectivity index (χ2n) is 6.89. The van der Waals surface area contributed by atoms with Crippen LogP contribution < -0.4 is 5.32 Å². The molecule has 0 fully saturated rings. The zero-order valence-electron chi connectivity index (χ0n) is 17.0. The fraction of sp³-hybridized carbons (Fsp3) is 0.130. The highest BCUT2D eigenvalue weighted by atomic mass is 16.1. The van der Waals surface area contributed by atoms with E-state index in [-0.39, 0.29) is 17.8 Å². The van der Waals surface area contributed by atoms with Crippen LogP contribution in [0.5, 0.6) is 0 Å². The Kier molecular flexibility index (Phi) is 5.76. The number of nitrogens with one attached hydrogen (secondary N) is 1. The maximum absolute atomic E-state index is 12.1. The second-order valence-corrected chi connectivity index (χ2v) is 6.89. The number of pyridine rings is 1. The van der Waals surface area contributed by atoms with Crippen molar-refractivity contribution < 1.29 is 4.79 Å². The van der Waals surface area contributed by atoms with Gasteiger partial charge in [-0.15, -0.1) is 10.2 Å². The molecule has 8 heteroatoms. The van der Waals surface area contributed by atoms with Gasteiger partial charge in [-0.05, 0) is 50.1 Å². The molecule has 0 saturated carbocycles. The zero-order valence-corrected chi connectivity index (χ0v) is 17.0. The third-order valence-corrected chi connectivity index (χ3v) is 4.46. The first-order valence-electron chi connectivity index (χ1n) is 9.68. The summed E-state index contributed by atoms with van der Waals surface area (Å²) in [7, 11) is 0. The van der Waals surface area contributed by atoms with Crippen molar-refractivity contribution in [2.45, 2.75) is 19.9 Å². The van der Waals surface area contributed by atoms with Gasteiger partial charge in [0.05, 0.1) is 11.4 Å². The average molecular weight is 409 g/mol. The first kappa shape index (κ1) is 19.9. The molecule has 152 valence electrons. The highest BCUT2D eigenvalue weighted by Crippen LogP contribution is 2.28. The molecule has 3 heterocycles. The third kappa shape index (κ3) is 4.46. The molecule has 1 amide bonds. The molecule has 31 heavy (non-hydrogen) atoms. The summed E-state index contributed by atoms with van der Waals surface area (Å²) in [6, 6.07) is 17.2. The van der Waals surface area contributed by atoms with Crippen LogP contribution >= 0.6 is 0 Å². The Morgan fingerprint density at radius 2 is 1.87 bits per heavy atom. The van der Waals surface area contributed by atoms with Gasteiger partial charge in [-0.2, -0.15) is 0 Å². The first-order chi connectivity index (χ1) is 15.1. The van der Waals surface area contributed by atoms with Crippen molar-refractivity contribution in [1.29, 1.82) is 0 Å². The topological polar surface area (TPSA) is 98.5 Å². The molecule has 0 aliphatic heterocycles. The van der Waals surface area contributed by atoms with E-state index in [0.717, 1.165) is 5.56 Å². The number of carbonyl (C=O) groups excluding carboxylic acids is 1. The van der Waals surface area contributed by atoms with Gasteiger partial charge in [0, 0.05) is 35.6 Å². The molecule has 0 aliphatic carbocycles. The molecule has 0 atom stereocenters. The highest BCUT2D eigenvalue weighted by molar-refractivity contribution is 5.95. The Balaban J connectivity index is 1.62. The summed E-state index contributed by atoms with van der Waals surface area (Å²) in [5, 5.41) is 10.9. The van der Waals surface area contributed by atoms with Gasteiger partial charge in [-0.1, -0.05) is 18.2 Å². The van der Waals surface area contributed by atoms with E-state index in [4.69, 9.17) is 0 Å². The number of aromatic nitrogens is 6. The second kappa shape index (κ2) is 8.97. The lowest BCUT2D eigenvalue weighted by Gasteiger charge is -2.12. The predicted octanol–water partition coefficient (Wildman–Crippen LogP) is 3.12. The van der Waals surface area contributed by atoms with Gasteiger partial charge in [-0.3, -0.25) is 15.1 Å². The monoisotopic (exact) mass is 409 g/mol. The Morgan fingerprint density at radius 3 is 2.68 bits per heavy atom. The van der Waals surface area contributed by atoms with Crippen molar-refractivity contribution in [2.75, 3.05) is 0 Å². The summed E-state index contributed by atoms with van der Waals surface area (Å²) in [6.07, 6.45) is 5.00. The van der Waals surface area contributed by atoms with Gasteiger partial charge >= 0.3 is 0 Å². The lowest BCUT2D eigenvalue weighted by atomic mass is 10.1. The summed E-state index contributed by atoms with van der Waals surface area (Å²) >= 11 is 0. The van der Waals surface area contributed by atoms with Crippen LogP contribution in [0, 0.1) is 12.0 Å². The Labute approximate surface area is 179 Å². The maximum Gasteiger partial charge on any atom is 0.262 e. The SMILES string of the molecule is CC(C)n1cnnc1-c1cccnc1-c1ccnc(C#CNC(=O)c2ccccc2)n1. The van der Waals surface area contributed by atoms with Gasteiger partial charge in [0.2, 0.25) is 5.82 Å². The molecule has 3 aromatic heterocycles. The largest absolute Gasteiger partial charge is 0.311 e. The normalized spacial score (nSPS) is 10.4. The molecule has 1 N–H and O–H groups in total. The minimum atomic E-state index is -0.288. The van der Waals surface area contributed by atoms with Crippen LogP contribution in [0.1, 0.15) is 36.1 Å². The Hall–Kier alpha value is -4.38. The average Bonchev–Trinajstić information content (AvgIpc) is 3.30. The molecular weight excluding hydrogens is 390 g/mol. The Morgan fingerprint density at radius 1 is 1.03 bits per heavy atom. The molecular formula is C23H19N7O. The number of amides is 1. The van der Waals surface area contributed by atoms with E-state index in [2.05, 4.69) is 56.3 Å². The standard InChI is InChI=1S/C23H19N7O/c1-16(2)30-15-27-29-22(30)18-9-6-12-25-21(18)19-10-13-24-20(28-19)11-14-26-23(31)17-7-4-3-5-8-17/h3-10,12-13,15-16H,1-2H3,(H,26,31). The van der Waals surface area contributed by atoms with Crippen LogP contribution in [0.15, 0.2) is 67.3 Å². The molecule has 8 nitrogen and oxygen atoms in total. The van der Waals surface area contributed by atoms with Gasteiger partial charge in [-0.25, -0.2) is 9.97 Å². The number of hydrogen-bond acceptors (Lipinski definition) is 6. The molecule has 0 spiro atoms. The van der Waals surface area contributed by atoms with E-state index in [1.165, 1.54) is 0 Å². The number of rotatable bonds is 4. The number of nitrogens with zero attached hydrogens (tertiary/aromatic N) is 6. The molecule has 0 unspecified atom stereocenters. The van der Waals surface area contributed by atoms with Crippen LogP contribution in [-0.2, 0) is 0 Å². The van der Waals surface area contributed by atoms with Crippen molar-refractivity contribution in [2.24, 2.45) is 0 Å². The summed E-state index contributed by atoms with van der Waals surface area (Å²) in [5.41, 5.74) is 2.58. The van der Waals surface area contributed by atoms with Crippen LogP contribution in [-0.4, -0.2) is 35.6 Å². The molecule has 0 bridgehead atoms. The van der Waals surface area contributed by atoms with Crippen molar-refractivity contribution in [3.63, 3.8) is 0 Å². The van der Waals surface area contributed by atoms with Crippen LogP contribution in [0.3, 0.4) is 0 Å². The number of carbonyl (C=O) groups is 1. The Bertz CT molecular complexity index is 1270. The van der Waals surface area contributed by atoms with Crippen molar-refractivity contribution in [1.82, 2.24) is 35.0 Å². The summed E-state index contributed by atoms with van der Waals surface area (Å²) in [4.78, 5) is 25.3. The first-order valence-corrected chi connectivity index (χ1v) is 9.68. The fourth-order valence-electron chi connectivity index (χ4n) is 2.96. The number of benzene rings is 1. The molecule has 0 saturated heterocycles. The van der Waals surface area contributed by atoms with Crippen LogP contribution in [0.2, 0.25) is 0 Å². The van der Waals surface area contributed by atoms with E-state index < -0.39 is 0 Å². The van der Waals surface area contributed by atoms with Crippen molar-refractivity contribution >= 4 is 5.91 Å². The van der Waals surface area contributed by atoms with Crippen molar-refractivity contribution in [3.8, 4) is 34.7 Å². The minimum absolute atomic E-state index is 0.193. The predicted molar refractivity (Wildman–Crippen MR) is 115 cm³/mol. The van der Waals surface area contributed by atoms with E-state index in [1.54, 1.807) is 49.1 Å². The van der Waals surface area contributed by atoms with Crippen molar-refractivity contribution in [3.05, 3.63) is 78.6 Å². The quantitative estimate of drug-likeness (QED) is 0.411. The maximum atomic E-state index is 12.1. The molecule has 4 aromatic rings. The zero-order chi connectivity index (χ0) is 21.6. The van der Waals surface area contributed by atoms with Gasteiger partial charge < -0.3 is 4.57 Å². The lowest BCUT2D eigenvalue weighted by molar-refractivity contribution is 0.0973. The molecule has 0 aliphatic rings. The van der Waals surface area contributed by atoms with Gasteiger partial charge in [0.25, 0.3) is 5.91 Å². The van der Waals surface area contributed by atoms with Gasteiger partial charge in [0.15, 0.2) is 5.82 Å². The molecule has 0 radical (unpaired) electrons. The molecule has 4 rings (SSSR count). The van der Waals surface area contributed by atoms with Gasteiger partial charge in [0.1, 0.15) is 6.33 Å². The lowest BCUT2D eigenvalue weighted by Crippen LogP contribution is -2.17. The minimum Gasteiger partial charge on any atom is -0.311 e. The smallest absolute Gasteiger partial charge is 0.262 e. The summed E-state index contributed by atoms with van der Waals surface area (Å²) in [6.45, 7) is 4.12. The van der Waals surface area contributed by atoms with E-state index >= 15 is 0 Å². The highest BCUT2D eigenvalue weighted by Gasteiger charge is 2.16. The summed E-state index contributed by atoms with van der Waals surface area (Å²) in [5.74, 6) is 3.47. The van der Waals surface area contributed by atoms with Crippen LogP contribution in [0.4, 0.5) is 0 Å². The van der Waals surface area contributed by atoms with E-state index in [1.807, 2.05) is 22.8 Å². The van der Waals surface area contributed by atoms with E-state index in [9.17, 15) is 4.79 Å². The van der Waals surface area contributed by atoms with E-state index in [0.29, 0.717) is 22.8 Å². The summed E-state index contributed by atoms with van der Waals surface area (Å²) < 4.78 is 1.97. The fourth-order valence-corrected chi connectivity index (χ4v) is 2.96. The molecule has 1 aromatic carbocycles. The third-order valence-electron chi connectivity index (χ3n) is 4.46. The van der Waals surface area contributed by atoms with Crippen LogP contribution in [0.25, 0.3) is 22.8 Å².